The molecule has 0 aliphatic carbocycles. The minimum Gasteiger partial charge on any atom is -0.386 e. The Hall–Kier alpha value is -0.900. The molecule has 0 fully saturated rings. The molecule has 0 aliphatic rings. The number of benzene rings is 1. The van der Waals surface area contributed by atoms with E-state index in [2.05, 4.69) is 19.1 Å². The molecule has 0 bridgehead atoms. The molecular formula is C17H28O3. The van der Waals surface area contributed by atoms with E-state index in [1.807, 2.05) is 27.7 Å². The first-order valence-electron chi connectivity index (χ1n) is 7.15. The number of ether oxygens (including phenoxy) is 2. The van der Waals surface area contributed by atoms with Crippen LogP contribution in [0, 0.1) is 20.8 Å². The van der Waals surface area contributed by atoms with Gasteiger partial charge >= 0.3 is 0 Å². The van der Waals surface area contributed by atoms with Gasteiger partial charge in [-0.15, -0.1) is 0 Å². The number of rotatable bonds is 7. The fourth-order valence-corrected chi connectivity index (χ4v) is 2.42. The molecule has 114 valence electrons. The Morgan fingerprint density at radius 1 is 1.15 bits per heavy atom. The summed E-state index contributed by atoms with van der Waals surface area (Å²) in [6.45, 7) is 11.1. The molecule has 1 rings (SSSR count). The number of methoxy groups -OCH3 is 1. The van der Waals surface area contributed by atoms with Crippen LogP contribution in [0.1, 0.15) is 48.6 Å². The minimum atomic E-state index is -0.568. The molecule has 0 heterocycles. The van der Waals surface area contributed by atoms with Gasteiger partial charge in [-0.3, -0.25) is 0 Å². The maximum Gasteiger partial charge on any atom is 0.103 e. The molecule has 0 aromatic heterocycles. The Labute approximate surface area is 122 Å². The lowest BCUT2D eigenvalue weighted by molar-refractivity contribution is -0.0250. The van der Waals surface area contributed by atoms with Gasteiger partial charge in [0.15, 0.2) is 0 Å². The number of hydrogen-bond acceptors (Lipinski definition) is 3. The molecule has 3 heteroatoms. The van der Waals surface area contributed by atoms with E-state index in [0.717, 1.165) is 23.1 Å². The van der Waals surface area contributed by atoms with Crippen molar-refractivity contribution in [3.63, 3.8) is 0 Å². The fraction of sp³-hybridized carbons (Fsp3) is 0.647. The number of hydrogen-bond donors (Lipinski definition) is 1. The third-order valence-corrected chi connectivity index (χ3v) is 3.75. The SMILES string of the molecule is COC(C)(C)CCOCC(O)c1c(C)cc(C)cc1C. The van der Waals surface area contributed by atoms with Crippen LogP contribution in [-0.2, 0) is 9.47 Å². The normalized spacial score (nSPS) is 13.6. The van der Waals surface area contributed by atoms with Crippen molar-refractivity contribution in [2.75, 3.05) is 20.3 Å². The van der Waals surface area contributed by atoms with Crippen molar-refractivity contribution in [2.45, 2.75) is 52.7 Å². The van der Waals surface area contributed by atoms with Crippen LogP contribution >= 0.6 is 0 Å². The zero-order valence-electron chi connectivity index (χ0n) is 13.6. The van der Waals surface area contributed by atoms with E-state index >= 15 is 0 Å². The van der Waals surface area contributed by atoms with E-state index in [-0.39, 0.29) is 5.60 Å². The average molecular weight is 280 g/mol. The number of aliphatic hydroxyl groups is 1. The predicted octanol–water partition coefficient (Wildman–Crippen LogP) is 3.48. The van der Waals surface area contributed by atoms with Crippen molar-refractivity contribution in [3.8, 4) is 0 Å². The quantitative estimate of drug-likeness (QED) is 0.777. The van der Waals surface area contributed by atoms with Crippen molar-refractivity contribution in [3.05, 3.63) is 34.4 Å². The second-order valence-electron chi connectivity index (χ2n) is 6.12. The smallest absolute Gasteiger partial charge is 0.103 e. The van der Waals surface area contributed by atoms with Crippen LogP contribution in [0.2, 0.25) is 0 Å². The van der Waals surface area contributed by atoms with Crippen LogP contribution in [0.5, 0.6) is 0 Å². The van der Waals surface area contributed by atoms with Crippen LogP contribution < -0.4 is 0 Å². The maximum absolute atomic E-state index is 10.3. The van der Waals surface area contributed by atoms with E-state index in [1.165, 1.54) is 5.56 Å². The van der Waals surface area contributed by atoms with Crippen LogP contribution in [0.3, 0.4) is 0 Å². The third kappa shape index (κ3) is 4.89. The topological polar surface area (TPSA) is 38.7 Å². The lowest BCUT2D eigenvalue weighted by Gasteiger charge is -2.23. The summed E-state index contributed by atoms with van der Waals surface area (Å²) >= 11 is 0. The standard InChI is InChI=1S/C17H28O3/c1-12-9-13(2)16(14(3)10-12)15(18)11-20-8-7-17(4,5)19-6/h9-10,15,18H,7-8,11H2,1-6H3. The molecule has 1 aromatic rings. The van der Waals surface area contributed by atoms with Gasteiger partial charge in [-0.05, 0) is 57.7 Å². The Morgan fingerprint density at radius 2 is 1.70 bits per heavy atom. The highest BCUT2D eigenvalue weighted by Crippen LogP contribution is 2.24. The molecular weight excluding hydrogens is 252 g/mol. The minimum absolute atomic E-state index is 0.180. The summed E-state index contributed by atoms with van der Waals surface area (Å²) < 4.78 is 10.9. The van der Waals surface area contributed by atoms with E-state index in [4.69, 9.17) is 9.47 Å². The van der Waals surface area contributed by atoms with Gasteiger partial charge in [0.2, 0.25) is 0 Å². The molecule has 1 atom stereocenters. The van der Waals surface area contributed by atoms with E-state index in [0.29, 0.717) is 13.2 Å². The Bertz CT molecular complexity index is 415. The van der Waals surface area contributed by atoms with Gasteiger partial charge < -0.3 is 14.6 Å². The van der Waals surface area contributed by atoms with Crippen molar-refractivity contribution in [1.82, 2.24) is 0 Å². The van der Waals surface area contributed by atoms with E-state index < -0.39 is 6.10 Å². The summed E-state index contributed by atoms with van der Waals surface area (Å²) in [5, 5.41) is 10.3. The summed E-state index contributed by atoms with van der Waals surface area (Å²) in [6.07, 6.45) is 0.239. The highest BCUT2D eigenvalue weighted by atomic mass is 16.5. The first-order valence-corrected chi connectivity index (χ1v) is 7.15. The first kappa shape index (κ1) is 17.2. The molecule has 0 aliphatic heterocycles. The third-order valence-electron chi connectivity index (χ3n) is 3.75. The highest BCUT2D eigenvalue weighted by Gasteiger charge is 2.17. The van der Waals surface area contributed by atoms with Crippen molar-refractivity contribution in [2.24, 2.45) is 0 Å². The summed E-state index contributed by atoms with van der Waals surface area (Å²) in [5.41, 5.74) is 4.27. The predicted molar refractivity (Wildman–Crippen MR) is 82.1 cm³/mol. The van der Waals surface area contributed by atoms with Gasteiger partial charge in [-0.25, -0.2) is 0 Å². The lowest BCUT2D eigenvalue weighted by atomic mass is 9.96. The number of aliphatic hydroxyl groups excluding tert-OH is 1. The maximum atomic E-state index is 10.3. The van der Waals surface area contributed by atoms with E-state index in [1.54, 1.807) is 7.11 Å². The van der Waals surface area contributed by atoms with Gasteiger partial charge in [0.1, 0.15) is 6.10 Å². The highest BCUT2D eigenvalue weighted by molar-refractivity contribution is 5.38. The average Bonchev–Trinajstić information content (AvgIpc) is 2.33. The summed E-state index contributed by atoms with van der Waals surface area (Å²) in [4.78, 5) is 0. The molecule has 20 heavy (non-hydrogen) atoms. The van der Waals surface area contributed by atoms with Gasteiger partial charge in [0, 0.05) is 13.7 Å². The Kier molecular flexibility index (Phi) is 6.18. The lowest BCUT2D eigenvalue weighted by Crippen LogP contribution is -2.25. The second-order valence-corrected chi connectivity index (χ2v) is 6.12. The molecule has 0 saturated carbocycles. The number of aryl methyl sites for hydroxylation is 3. The molecule has 0 saturated heterocycles. The molecule has 1 unspecified atom stereocenters. The molecule has 1 N–H and O–H groups in total. The molecule has 0 spiro atoms. The summed E-state index contributed by atoms with van der Waals surface area (Å²) in [7, 11) is 1.70. The van der Waals surface area contributed by atoms with Crippen LogP contribution in [0.25, 0.3) is 0 Å². The van der Waals surface area contributed by atoms with Gasteiger partial charge in [0.25, 0.3) is 0 Å². The molecule has 1 aromatic carbocycles. The Morgan fingerprint density at radius 3 is 2.20 bits per heavy atom. The molecule has 0 radical (unpaired) electrons. The molecule has 0 amide bonds. The zero-order chi connectivity index (χ0) is 15.3. The molecule has 3 nitrogen and oxygen atoms in total. The largest absolute Gasteiger partial charge is 0.386 e. The van der Waals surface area contributed by atoms with Crippen molar-refractivity contribution in [1.29, 1.82) is 0 Å². The van der Waals surface area contributed by atoms with Crippen LogP contribution in [0.4, 0.5) is 0 Å². The fourth-order valence-electron chi connectivity index (χ4n) is 2.42. The van der Waals surface area contributed by atoms with Gasteiger partial charge in [0.05, 0.1) is 12.2 Å². The Balaban J connectivity index is 2.54. The second kappa shape index (κ2) is 7.21. The summed E-state index contributed by atoms with van der Waals surface area (Å²) in [5.74, 6) is 0. The van der Waals surface area contributed by atoms with E-state index in [9.17, 15) is 5.11 Å². The van der Waals surface area contributed by atoms with Crippen LogP contribution in [-0.4, -0.2) is 31.0 Å². The zero-order valence-corrected chi connectivity index (χ0v) is 13.6. The van der Waals surface area contributed by atoms with Gasteiger partial charge in [-0.2, -0.15) is 0 Å². The van der Waals surface area contributed by atoms with Crippen molar-refractivity contribution < 1.29 is 14.6 Å². The van der Waals surface area contributed by atoms with Crippen molar-refractivity contribution >= 4 is 0 Å². The van der Waals surface area contributed by atoms with Gasteiger partial charge in [-0.1, -0.05) is 17.7 Å². The monoisotopic (exact) mass is 280 g/mol. The first-order chi connectivity index (χ1) is 9.26. The van der Waals surface area contributed by atoms with Crippen LogP contribution in [0.15, 0.2) is 12.1 Å². The summed E-state index contributed by atoms with van der Waals surface area (Å²) in [6, 6.07) is 4.19.